The molecule has 0 amide bonds. The number of halogens is 1. The van der Waals surface area contributed by atoms with Gasteiger partial charge in [-0.15, -0.1) is 0 Å². The molecule has 2 N–H and O–H groups in total. The van der Waals surface area contributed by atoms with Crippen LogP contribution in [0, 0.1) is 6.92 Å². The molecule has 2 rings (SSSR count). The molecule has 0 saturated carbocycles. The zero-order chi connectivity index (χ0) is 13.0. The van der Waals surface area contributed by atoms with E-state index in [2.05, 4.69) is 0 Å². The third-order valence-corrected chi connectivity index (χ3v) is 3.16. The Labute approximate surface area is 112 Å². The summed E-state index contributed by atoms with van der Waals surface area (Å²) in [6, 6.07) is 15.3. The van der Waals surface area contributed by atoms with Crippen molar-refractivity contribution < 1.29 is 4.74 Å². The van der Waals surface area contributed by atoms with Crippen molar-refractivity contribution >= 4 is 11.6 Å². The van der Waals surface area contributed by atoms with Crippen LogP contribution >= 0.6 is 11.6 Å². The lowest BCUT2D eigenvalue weighted by Gasteiger charge is -2.16. The molecule has 1 atom stereocenters. The lowest BCUT2D eigenvalue weighted by atomic mass is 10.0. The van der Waals surface area contributed by atoms with Crippen molar-refractivity contribution in [1.29, 1.82) is 0 Å². The third-order valence-electron chi connectivity index (χ3n) is 2.84. The minimum Gasteiger partial charge on any atom is -0.490 e. The minimum atomic E-state index is -0.150. The summed E-state index contributed by atoms with van der Waals surface area (Å²) in [6.07, 6.45) is 0. The molecule has 1 unspecified atom stereocenters. The maximum atomic E-state index is 6.13. The van der Waals surface area contributed by atoms with Gasteiger partial charge in [0.05, 0.1) is 11.1 Å². The van der Waals surface area contributed by atoms with E-state index in [4.69, 9.17) is 22.1 Å². The standard InChI is InChI=1S/C15H16ClNO/c1-11-6-2-3-7-12(11)14(17)10-18-15-9-5-4-8-13(15)16/h2-9,14H,10,17H2,1H3. The van der Waals surface area contributed by atoms with E-state index in [0.717, 1.165) is 5.56 Å². The van der Waals surface area contributed by atoms with Crippen molar-refractivity contribution in [1.82, 2.24) is 0 Å². The first kappa shape index (κ1) is 12.9. The van der Waals surface area contributed by atoms with Gasteiger partial charge in [-0.1, -0.05) is 48.0 Å². The van der Waals surface area contributed by atoms with Crippen LogP contribution < -0.4 is 10.5 Å². The van der Waals surface area contributed by atoms with Crippen molar-refractivity contribution in [3.05, 3.63) is 64.7 Å². The van der Waals surface area contributed by atoms with E-state index in [1.54, 1.807) is 6.07 Å². The van der Waals surface area contributed by atoms with Crippen molar-refractivity contribution in [2.24, 2.45) is 5.73 Å². The van der Waals surface area contributed by atoms with Crippen LogP contribution in [0.3, 0.4) is 0 Å². The van der Waals surface area contributed by atoms with Gasteiger partial charge in [-0.2, -0.15) is 0 Å². The fourth-order valence-electron chi connectivity index (χ4n) is 1.83. The first-order valence-corrected chi connectivity index (χ1v) is 6.24. The number of rotatable bonds is 4. The smallest absolute Gasteiger partial charge is 0.137 e. The van der Waals surface area contributed by atoms with E-state index in [9.17, 15) is 0 Å². The van der Waals surface area contributed by atoms with Crippen LogP contribution in [0.15, 0.2) is 48.5 Å². The summed E-state index contributed by atoms with van der Waals surface area (Å²) in [6.45, 7) is 2.46. The van der Waals surface area contributed by atoms with Gasteiger partial charge < -0.3 is 10.5 Å². The number of hydrogen-bond acceptors (Lipinski definition) is 2. The van der Waals surface area contributed by atoms with E-state index in [0.29, 0.717) is 17.4 Å². The number of para-hydroxylation sites is 1. The zero-order valence-electron chi connectivity index (χ0n) is 10.3. The molecule has 0 heterocycles. The average molecular weight is 262 g/mol. The van der Waals surface area contributed by atoms with Crippen LogP contribution in [-0.2, 0) is 0 Å². The van der Waals surface area contributed by atoms with Gasteiger partial charge in [-0.3, -0.25) is 0 Å². The zero-order valence-corrected chi connectivity index (χ0v) is 11.0. The van der Waals surface area contributed by atoms with Crippen molar-refractivity contribution in [2.45, 2.75) is 13.0 Å². The fraction of sp³-hybridized carbons (Fsp3) is 0.200. The monoisotopic (exact) mass is 261 g/mol. The number of ether oxygens (including phenoxy) is 1. The van der Waals surface area contributed by atoms with Gasteiger partial charge in [-0.05, 0) is 30.2 Å². The predicted octanol–water partition coefficient (Wildman–Crippen LogP) is 3.73. The summed E-state index contributed by atoms with van der Waals surface area (Å²) >= 11 is 6.02. The van der Waals surface area contributed by atoms with Crippen LogP contribution in [0.2, 0.25) is 5.02 Å². The first-order chi connectivity index (χ1) is 8.68. The van der Waals surface area contributed by atoms with Gasteiger partial charge in [0.15, 0.2) is 0 Å². The fourth-order valence-corrected chi connectivity index (χ4v) is 2.02. The quantitative estimate of drug-likeness (QED) is 0.910. The van der Waals surface area contributed by atoms with Crippen LogP contribution in [0.5, 0.6) is 5.75 Å². The summed E-state index contributed by atoms with van der Waals surface area (Å²) in [7, 11) is 0. The second-order valence-electron chi connectivity index (χ2n) is 4.20. The summed E-state index contributed by atoms with van der Waals surface area (Å²) in [5, 5.41) is 0.606. The van der Waals surface area contributed by atoms with Gasteiger partial charge >= 0.3 is 0 Å². The van der Waals surface area contributed by atoms with E-state index < -0.39 is 0 Å². The van der Waals surface area contributed by atoms with E-state index in [1.165, 1.54) is 5.56 Å². The van der Waals surface area contributed by atoms with Gasteiger partial charge in [0, 0.05) is 0 Å². The van der Waals surface area contributed by atoms with Crippen molar-refractivity contribution in [3.8, 4) is 5.75 Å². The lowest BCUT2D eigenvalue weighted by molar-refractivity contribution is 0.290. The summed E-state index contributed by atoms with van der Waals surface area (Å²) in [5.41, 5.74) is 8.40. The topological polar surface area (TPSA) is 35.2 Å². The molecule has 18 heavy (non-hydrogen) atoms. The molecular formula is C15H16ClNO. The highest BCUT2D eigenvalue weighted by Gasteiger charge is 2.10. The third kappa shape index (κ3) is 3.03. The van der Waals surface area contributed by atoms with Crippen LogP contribution in [0.25, 0.3) is 0 Å². The highest BCUT2D eigenvalue weighted by molar-refractivity contribution is 6.32. The normalized spacial score (nSPS) is 12.2. The number of hydrogen-bond donors (Lipinski definition) is 1. The molecule has 2 nitrogen and oxygen atoms in total. The van der Waals surface area contributed by atoms with E-state index >= 15 is 0 Å². The summed E-state index contributed by atoms with van der Waals surface area (Å²) in [5.74, 6) is 0.670. The lowest BCUT2D eigenvalue weighted by Crippen LogP contribution is -2.20. The molecule has 0 aliphatic rings. The Hall–Kier alpha value is -1.51. The second kappa shape index (κ2) is 5.89. The average Bonchev–Trinajstić information content (AvgIpc) is 2.38. The Bertz CT molecular complexity index is 527. The summed E-state index contributed by atoms with van der Waals surface area (Å²) in [4.78, 5) is 0. The van der Waals surface area contributed by atoms with Gasteiger partial charge in [-0.25, -0.2) is 0 Å². The molecule has 0 saturated heterocycles. The maximum Gasteiger partial charge on any atom is 0.137 e. The Morgan fingerprint density at radius 3 is 2.50 bits per heavy atom. The first-order valence-electron chi connectivity index (χ1n) is 5.87. The Morgan fingerprint density at radius 2 is 1.78 bits per heavy atom. The largest absolute Gasteiger partial charge is 0.490 e. The predicted molar refractivity (Wildman–Crippen MR) is 75.1 cm³/mol. The minimum absolute atomic E-state index is 0.150. The Kier molecular flexibility index (Phi) is 4.24. The molecule has 0 fully saturated rings. The second-order valence-corrected chi connectivity index (χ2v) is 4.61. The molecule has 0 aliphatic carbocycles. The molecular weight excluding hydrogens is 246 g/mol. The summed E-state index contributed by atoms with van der Waals surface area (Å²) < 4.78 is 5.65. The number of benzene rings is 2. The molecule has 3 heteroatoms. The van der Waals surface area contributed by atoms with Crippen LogP contribution in [0.1, 0.15) is 17.2 Å². The highest BCUT2D eigenvalue weighted by atomic mass is 35.5. The maximum absolute atomic E-state index is 6.13. The Morgan fingerprint density at radius 1 is 1.11 bits per heavy atom. The molecule has 0 aromatic heterocycles. The van der Waals surface area contributed by atoms with E-state index in [1.807, 2.05) is 49.4 Å². The van der Waals surface area contributed by atoms with Gasteiger partial charge in [0.25, 0.3) is 0 Å². The molecule has 2 aromatic carbocycles. The SMILES string of the molecule is Cc1ccccc1C(N)COc1ccccc1Cl. The molecule has 2 aromatic rings. The Balaban J connectivity index is 2.03. The molecule has 94 valence electrons. The highest BCUT2D eigenvalue weighted by Crippen LogP contribution is 2.24. The molecule has 0 radical (unpaired) electrons. The molecule has 0 bridgehead atoms. The van der Waals surface area contributed by atoms with Crippen molar-refractivity contribution in [3.63, 3.8) is 0 Å². The van der Waals surface area contributed by atoms with Crippen LogP contribution in [-0.4, -0.2) is 6.61 Å². The van der Waals surface area contributed by atoms with Gasteiger partial charge in [0.2, 0.25) is 0 Å². The number of nitrogens with two attached hydrogens (primary N) is 1. The van der Waals surface area contributed by atoms with E-state index in [-0.39, 0.29) is 6.04 Å². The van der Waals surface area contributed by atoms with Crippen molar-refractivity contribution in [2.75, 3.05) is 6.61 Å². The molecule has 0 spiro atoms. The van der Waals surface area contributed by atoms with Gasteiger partial charge in [0.1, 0.15) is 12.4 Å². The number of aryl methyl sites for hydroxylation is 1. The van der Waals surface area contributed by atoms with Crippen LogP contribution in [0.4, 0.5) is 0 Å². The molecule has 0 aliphatic heterocycles.